The summed E-state index contributed by atoms with van der Waals surface area (Å²) in [6.45, 7) is 2.33. The second-order valence-electron chi connectivity index (χ2n) is 5.13. The summed E-state index contributed by atoms with van der Waals surface area (Å²) < 4.78 is 36.0. The molecule has 2 rings (SSSR count). The van der Waals surface area contributed by atoms with Crippen molar-refractivity contribution in [2.24, 2.45) is 0 Å². The summed E-state index contributed by atoms with van der Waals surface area (Å²) in [5.74, 6) is 0. The van der Waals surface area contributed by atoms with Gasteiger partial charge >= 0.3 is 12.3 Å². The molecule has 0 unspecified atom stereocenters. The standard InChI is InChI=1S/C14H18F3N3O/c15-14(16,17)19-13(21)18-12-6-8-20(9-7-12)10-11-4-2-1-3-5-11/h1-5,12H,6-10H2,(H2,18,19,21). The fraction of sp³-hybridized carbons (Fsp3) is 0.500. The van der Waals surface area contributed by atoms with E-state index in [1.54, 1.807) is 0 Å². The number of nitrogens with zero attached hydrogens (tertiary/aromatic N) is 1. The lowest BCUT2D eigenvalue weighted by atomic mass is 10.0. The van der Waals surface area contributed by atoms with Crippen LogP contribution in [0.5, 0.6) is 0 Å². The van der Waals surface area contributed by atoms with Gasteiger partial charge in [0.1, 0.15) is 0 Å². The summed E-state index contributed by atoms with van der Waals surface area (Å²) in [5.41, 5.74) is 1.21. The third-order valence-corrected chi connectivity index (χ3v) is 3.43. The first-order valence-corrected chi connectivity index (χ1v) is 6.84. The molecule has 21 heavy (non-hydrogen) atoms. The zero-order valence-electron chi connectivity index (χ0n) is 11.5. The molecule has 7 heteroatoms. The van der Waals surface area contributed by atoms with E-state index < -0.39 is 12.3 Å². The van der Waals surface area contributed by atoms with E-state index in [0.29, 0.717) is 12.8 Å². The first-order valence-electron chi connectivity index (χ1n) is 6.84. The number of carbonyl (C=O) groups excluding carboxylic acids is 1. The first-order chi connectivity index (χ1) is 9.92. The first kappa shape index (κ1) is 15.6. The van der Waals surface area contributed by atoms with E-state index in [1.165, 1.54) is 5.56 Å². The quantitative estimate of drug-likeness (QED) is 0.842. The zero-order chi connectivity index (χ0) is 15.3. The molecule has 4 nitrogen and oxygen atoms in total. The Hall–Kier alpha value is -1.76. The number of halogens is 3. The average Bonchev–Trinajstić information content (AvgIpc) is 2.40. The molecule has 1 aromatic rings. The number of benzene rings is 1. The Labute approximate surface area is 121 Å². The SMILES string of the molecule is O=C(NC1CCN(Cc2ccccc2)CC1)NC(F)(F)F. The minimum Gasteiger partial charge on any atom is -0.335 e. The molecular weight excluding hydrogens is 283 g/mol. The van der Waals surface area contributed by atoms with Crippen LogP contribution in [-0.2, 0) is 6.54 Å². The van der Waals surface area contributed by atoms with E-state index in [0.717, 1.165) is 25.0 Å². The van der Waals surface area contributed by atoms with Crippen LogP contribution in [0.15, 0.2) is 30.3 Å². The molecule has 0 atom stereocenters. The molecule has 1 fully saturated rings. The maximum absolute atomic E-state index is 12.0. The van der Waals surface area contributed by atoms with Crippen molar-refractivity contribution in [1.82, 2.24) is 15.5 Å². The minimum absolute atomic E-state index is 0.209. The number of carbonyl (C=O) groups is 1. The molecule has 1 aliphatic rings. The Bertz CT molecular complexity index is 456. The van der Waals surface area contributed by atoms with Gasteiger partial charge in [0.15, 0.2) is 0 Å². The predicted octanol–water partition coefficient (Wildman–Crippen LogP) is 2.47. The molecule has 1 saturated heterocycles. The molecule has 0 aromatic heterocycles. The van der Waals surface area contributed by atoms with Gasteiger partial charge in [0.25, 0.3) is 0 Å². The van der Waals surface area contributed by atoms with Crippen molar-refractivity contribution in [2.75, 3.05) is 13.1 Å². The normalized spacial score (nSPS) is 17.5. The smallest absolute Gasteiger partial charge is 0.335 e. The lowest BCUT2D eigenvalue weighted by Crippen LogP contribution is -2.50. The number of hydrogen-bond donors (Lipinski definition) is 2. The third-order valence-electron chi connectivity index (χ3n) is 3.43. The number of hydrogen-bond acceptors (Lipinski definition) is 2. The highest BCUT2D eigenvalue weighted by molar-refractivity contribution is 5.74. The number of likely N-dealkylation sites (tertiary alicyclic amines) is 1. The van der Waals surface area contributed by atoms with Crippen LogP contribution in [0.2, 0.25) is 0 Å². The molecule has 0 bridgehead atoms. The van der Waals surface area contributed by atoms with Gasteiger partial charge in [-0.1, -0.05) is 30.3 Å². The van der Waals surface area contributed by atoms with Crippen molar-refractivity contribution >= 4 is 6.03 Å². The van der Waals surface area contributed by atoms with Crippen LogP contribution in [-0.4, -0.2) is 36.4 Å². The Morgan fingerprint density at radius 2 is 1.81 bits per heavy atom. The van der Waals surface area contributed by atoms with Gasteiger partial charge in [0.05, 0.1) is 0 Å². The van der Waals surface area contributed by atoms with E-state index in [2.05, 4.69) is 10.2 Å². The Morgan fingerprint density at radius 3 is 2.38 bits per heavy atom. The maximum atomic E-state index is 12.0. The Kier molecular flexibility index (Phi) is 5.06. The van der Waals surface area contributed by atoms with Crippen molar-refractivity contribution in [3.05, 3.63) is 35.9 Å². The molecule has 1 heterocycles. The number of alkyl halides is 3. The van der Waals surface area contributed by atoms with Gasteiger partial charge in [-0.05, 0) is 18.4 Å². The van der Waals surface area contributed by atoms with E-state index in [4.69, 9.17) is 0 Å². The summed E-state index contributed by atoms with van der Waals surface area (Å²) in [5, 5.41) is 3.32. The summed E-state index contributed by atoms with van der Waals surface area (Å²) in [6, 6.07) is 8.61. The second kappa shape index (κ2) is 6.80. The van der Waals surface area contributed by atoms with E-state index >= 15 is 0 Å². The highest BCUT2D eigenvalue weighted by Crippen LogP contribution is 2.14. The zero-order valence-corrected chi connectivity index (χ0v) is 11.5. The van der Waals surface area contributed by atoms with Crippen LogP contribution in [0.3, 0.4) is 0 Å². The van der Waals surface area contributed by atoms with Crippen molar-refractivity contribution in [1.29, 1.82) is 0 Å². The Balaban J connectivity index is 1.72. The third kappa shape index (κ3) is 5.63. The molecule has 1 aromatic carbocycles. The van der Waals surface area contributed by atoms with Crippen LogP contribution >= 0.6 is 0 Å². The fourth-order valence-corrected chi connectivity index (χ4v) is 2.43. The van der Waals surface area contributed by atoms with Crippen molar-refractivity contribution in [2.45, 2.75) is 31.7 Å². The van der Waals surface area contributed by atoms with Gasteiger partial charge in [-0.2, -0.15) is 13.2 Å². The molecule has 0 saturated carbocycles. The van der Waals surface area contributed by atoms with Gasteiger partial charge in [0.2, 0.25) is 0 Å². The molecular formula is C14H18F3N3O. The molecule has 116 valence electrons. The van der Waals surface area contributed by atoms with Crippen LogP contribution < -0.4 is 10.6 Å². The monoisotopic (exact) mass is 301 g/mol. The maximum Gasteiger partial charge on any atom is 0.485 e. The molecule has 2 N–H and O–H groups in total. The van der Waals surface area contributed by atoms with Gasteiger partial charge in [-0.25, -0.2) is 10.1 Å². The highest BCUT2D eigenvalue weighted by Gasteiger charge is 2.31. The molecule has 2 amide bonds. The molecule has 0 spiro atoms. The van der Waals surface area contributed by atoms with Gasteiger partial charge in [0, 0.05) is 25.7 Å². The lowest BCUT2D eigenvalue weighted by Gasteiger charge is -2.32. The topological polar surface area (TPSA) is 44.4 Å². The van der Waals surface area contributed by atoms with E-state index in [-0.39, 0.29) is 6.04 Å². The number of urea groups is 1. The van der Waals surface area contributed by atoms with E-state index in [1.807, 2.05) is 30.3 Å². The highest BCUT2D eigenvalue weighted by atomic mass is 19.4. The predicted molar refractivity (Wildman–Crippen MR) is 72.5 cm³/mol. The van der Waals surface area contributed by atoms with E-state index in [9.17, 15) is 18.0 Å². The van der Waals surface area contributed by atoms with Crippen LogP contribution in [0.1, 0.15) is 18.4 Å². The summed E-state index contributed by atoms with van der Waals surface area (Å²) >= 11 is 0. The number of nitrogens with one attached hydrogen (secondary N) is 2. The molecule has 0 aliphatic carbocycles. The van der Waals surface area contributed by atoms with Crippen molar-refractivity contribution < 1.29 is 18.0 Å². The Morgan fingerprint density at radius 1 is 1.19 bits per heavy atom. The number of piperidine rings is 1. The molecule has 1 aliphatic heterocycles. The average molecular weight is 301 g/mol. The van der Waals surface area contributed by atoms with Crippen molar-refractivity contribution in [3.63, 3.8) is 0 Å². The molecule has 0 radical (unpaired) electrons. The van der Waals surface area contributed by atoms with Gasteiger partial charge in [-0.3, -0.25) is 4.90 Å². The second-order valence-corrected chi connectivity index (χ2v) is 5.13. The van der Waals surface area contributed by atoms with Crippen LogP contribution in [0.25, 0.3) is 0 Å². The summed E-state index contributed by atoms with van der Waals surface area (Å²) in [7, 11) is 0. The number of amides is 2. The summed E-state index contributed by atoms with van der Waals surface area (Å²) in [6.07, 6.45) is -3.38. The summed E-state index contributed by atoms with van der Waals surface area (Å²) in [4.78, 5) is 13.4. The fourth-order valence-electron chi connectivity index (χ4n) is 2.43. The van der Waals surface area contributed by atoms with Gasteiger partial charge in [-0.15, -0.1) is 0 Å². The van der Waals surface area contributed by atoms with Crippen LogP contribution in [0.4, 0.5) is 18.0 Å². The lowest BCUT2D eigenvalue weighted by molar-refractivity contribution is -0.145. The minimum atomic E-state index is -4.68. The number of rotatable bonds is 3. The van der Waals surface area contributed by atoms with Gasteiger partial charge < -0.3 is 5.32 Å². The van der Waals surface area contributed by atoms with Crippen LogP contribution in [0, 0.1) is 0 Å². The van der Waals surface area contributed by atoms with Crippen molar-refractivity contribution in [3.8, 4) is 0 Å². The largest absolute Gasteiger partial charge is 0.485 e.